The van der Waals surface area contributed by atoms with E-state index in [1.807, 2.05) is 18.7 Å². The fourth-order valence-electron chi connectivity index (χ4n) is 3.70. The number of rotatable bonds is 8. The fraction of sp³-hybridized carbons (Fsp3) is 0.364. The maximum Gasteiger partial charge on any atom is 0.337 e. The first kappa shape index (κ1) is 22.8. The van der Waals surface area contributed by atoms with Crippen molar-refractivity contribution in [3.8, 4) is 0 Å². The van der Waals surface area contributed by atoms with Crippen LogP contribution in [0.5, 0.6) is 0 Å². The van der Waals surface area contributed by atoms with Gasteiger partial charge < -0.3 is 15.0 Å². The third-order valence-electron chi connectivity index (χ3n) is 5.29. The zero-order chi connectivity index (χ0) is 22.6. The van der Waals surface area contributed by atoms with Crippen molar-refractivity contribution in [2.75, 3.05) is 43.5 Å². The first-order valence-electron chi connectivity index (χ1n) is 10.2. The summed E-state index contributed by atoms with van der Waals surface area (Å²) in [6.45, 7) is 5.21. The van der Waals surface area contributed by atoms with Crippen molar-refractivity contribution in [2.45, 2.75) is 25.2 Å². The summed E-state index contributed by atoms with van der Waals surface area (Å²) in [5, 5.41) is 2.79. The van der Waals surface area contributed by atoms with Crippen molar-refractivity contribution in [3.63, 3.8) is 0 Å². The summed E-state index contributed by atoms with van der Waals surface area (Å²) in [5.74, 6) is -0.699. The van der Waals surface area contributed by atoms with E-state index in [2.05, 4.69) is 5.32 Å². The van der Waals surface area contributed by atoms with E-state index in [4.69, 9.17) is 4.74 Å². The SMILES string of the molecule is CCN(CC)S(=O)(=O)c1ccc2c(c1)CCN2CC(=O)Nc1cccc(C(=O)OC)c1. The molecular weight excluding hydrogens is 418 g/mol. The number of anilines is 2. The predicted molar refractivity (Wildman–Crippen MR) is 119 cm³/mol. The summed E-state index contributed by atoms with van der Waals surface area (Å²) < 4.78 is 31.7. The number of methoxy groups -OCH3 is 1. The van der Waals surface area contributed by atoms with Crippen LogP contribution in [0.3, 0.4) is 0 Å². The Kier molecular flexibility index (Phi) is 6.97. The Morgan fingerprint density at radius 2 is 1.87 bits per heavy atom. The lowest BCUT2D eigenvalue weighted by Gasteiger charge is -2.21. The van der Waals surface area contributed by atoms with E-state index in [1.165, 1.54) is 11.4 Å². The minimum absolute atomic E-state index is 0.123. The van der Waals surface area contributed by atoms with Crippen LogP contribution in [0.15, 0.2) is 47.4 Å². The maximum absolute atomic E-state index is 12.8. The van der Waals surface area contributed by atoms with Gasteiger partial charge in [0, 0.05) is 31.0 Å². The molecule has 0 aromatic heterocycles. The first-order chi connectivity index (χ1) is 14.8. The average molecular weight is 446 g/mol. The molecule has 8 nitrogen and oxygen atoms in total. The van der Waals surface area contributed by atoms with Gasteiger partial charge in [-0.25, -0.2) is 13.2 Å². The topological polar surface area (TPSA) is 96.0 Å². The van der Waals surface area contributed by atoms with Gasteiger partial charge in [0.1, 0.15) is 0 Å². The molecule has 1 amide bonds. The predicted octanol–water partition coefficient (Wildman–Crippen LogP) is 2.50. The Morgan fingerprint density at radius 1 is 1.13 bits per heavy atom. The van der Waals surface area contributed by atoms with Crippen LogP contribution in [-0.4, -0.2) is 57.9 Å². The van der Waals surface area contributed by atoms with Crippen molar-refractivity contribution in [1.29, 1.82) is 0 Å². The summed E-state index contributed by atoms with van der Waals surface area (Å²) >= 11 is 0. The van der Waals surface area contributed by atoms with Gasteiger partial charge >= 0.3 is 5.97 Å². The molecule has 0 aliphatic carbocycles. The largest absolute Gasteiger partial charge is 0.465 e. The molecule has 2 aromatic rings. The molecule has 0 bridgehead atoms. The highest BCUT2D eigenvalue weighted by atomic mass is 32.2. The molecule has 0 atom stereocenters. The summed E-state index contributed by atoms with van der Waals surface area (Å²) in [4.78, 5) is 26.4. The smallest absolute Gasteiger partial charge is 0.337 e. The molecule has 9 heteroatoms. The monoisotopic (exact) mass is 445 g/mol. The standard InChI is InChI=1S/C22H27N3O5S/c1-4-25(5-2)31(28,29)19-9-10-20-16(14-19)11-12-24(20)15-21(26)23-18-8-6-7-17(13-18)22(27)30-3/h6-10,13-14H,4-5,11-12,15H2,1-3H3,(H,23,26). The molecule has 166 valence electrons. The lowest BCUT2D eigenvalue weighted by molar-refractivity contribution is -0.115. The van der Waals surface area contributed by atoms with Gasteiger partial charge in [-0.15, -0.1) is 0 Å². The second-order valence-electron chi connectivity index (χ2n) is 7.17. The average Bonchev–Trinajstić information content (AvgIpc) is 3.15. The van der Waals surface area contributed by atoms with Crippen molar-refractivity contribution >= 4 is 33.3 Å². The number of sulfonamides is 1. The van der Waals surface area contributed by atoms with Gasteiger partial charge in [-0.1, -0.05) is 19.9 Å². The van der Waals surface area contributed by atoms with Gasteiger partial charge in [0.2, 0.25) is 15.9 Å². The van der Waals surface area contributed by atoms with E-state index < -0.39 is 16.0 Å². The summed E-state index contributed by atoms with van der Waals surface area (Å²) in [7, 11) is -2.22. The third-order valence-corrected chi connectivity index (χ3v) is 7.33. The lowest BCUT2D eigenvalue weighted by atomic mass is 10.2. The number of esters is 1. The second kappa shape index (κ2) is 9.49. The normalized spacial score (nSPS) is 13.2. The Bertz CT molecular complexity index is 1080. The molecular formula is C22H27N3O5S. The highest BCUT2D eigenvalue weighted by molar-refractivity contribution is 7.89. The molecule has 0 saturated carbocycles. The van der Waals surface area contributed by atoms with Crippen LogP contribution in [0.4, 0.5) is 11.4 Å². The third kappa shape index (κ3) is 4.88. The van der Waals surface area contributed by atoms with Crippen molar-refractivity contribution < 1.29 is 22.7 Å². The Labute approximate surface area is 182 Å². The van der Waals surface area contributed by atoms with Crippen LogP contribution >= 0.6 is 0 Å². The highest BCUT2D eigenvalue weighted by Gasteiger charge is 2.26. The van der Waals surface area contributed by atoms with Crippen molar-refractivity contribution in [3.05, 3.63) is 53.6 Å². The summed E-state index contributed by atoms with van der Waals surface area (Å²) in [6, 6.07) is 11.6. The zero-order valence-electron chi connectivity index (χ0n) is 17.9. The van der Waals surface area contributed by atoms with Gasteiger partial charge in [0.25, 0.3) is 0 Å². The van der Waals surface area contributed by atoms with Crippen molar-refractivity contribution in [1.82, 2.24) is 4.31 Å². The molecule has 1 aliphatic rings. The van der Waals surface area contributed by atoms with E-state index in [9.17, 15) is 18.0 Å². The summed E-state index contributed by atoms with van der Waals surface area (Å²) in [6.07, 6.45) is 0.669. The minimum atomic E-state index is -3.52. The van der Waals surface area contributed by atoms with E-state index >= 15 is 0 Å². The van der Waals surface area contributed by atoms with Crippen LogP contribution in [0.2, 0.25) is 0 Å². The number of hydrogen-bond donors (Lipinski definition) is 1. The molecule has 2 aromatic carbocycles. The number of ether oxygens (including phenoxy) is 1. The second-order valence-corrected chi connectivity index (χ2v) is 9.11. The van der Waals surface area contributed by atoms with Gasteiger partial charge in [0.15, 0.2) is 0 Å². The maximum atomic E-state index is 12.8. The zero-order valence-corrected chi connectivity index (χ0v) is 18.7. The highest BCUT2D eigenvalue weighted by Crippen LogP contribution is 2.31. The molecule has 31 heavy (non-hydrogen) atoms. The van der Waals surface area contributed by atoms with Crippen molar-refractivity contribution in [2.24, 2.45) is 0 Å². The number of nitrogens with zero attached hydrogens (tertiary/aromatic N) is 2. The molecule has 1 heterocycles. The number of fused-ring (bicyclic) bond motifs is 1. The number of hydrogen-bond acceptors (Lipinski definition) is 6. The number of nitrogens with one attached hydrogen (secondary N) is 1. The van der Waals surface area contributed by atoms with Gasteiger partial charge in [0.05, 0.1) is 24.1 Å². The summed E-state index contributed by atoms with van der Waals surface area (Å²) in [5.41, 5.74) is 2.63. The number of carbonyl (C=O) groups is 2. The van der Waals surface area contributed by atoms with Gasteiger partial charge in [-0.2, -0.15) is 4.31 Å². The van der Waals surface area contributed by atoms with E-state index in [1.54, 1.807) is 42.5 Å². The number of amides is 1. The molecule has 0 saturated heterocycles. The van der Waals surface area contributed by atoms with Crippen LogP contribution in [-0.2, 0) is 26.0 Å². The molecule has 3 rings (SSSR count). The molecule has 0 unspecified atom stereocenters. The van der Waals surface area contributed by atoms with E-state index in [0.29, 0.717) is 37.3 Å². The molecule has 0 spiro atoms. The quantitative estimate of drug-likeness (QED) is 0.628. The first-order valence-corrected chi connectivity index (χ1v) is 11.6. The van der Waals surface area contributed by atoms with Gasteiger partial charge in [-0.3, -0.25) is 4.79 Å². The minimum Gasteiger partial charge on any atom is -0.465 e. The Hall–Kier alpha value is -2.91. The van der Waals surface area contributed by atoms with E-state index in [0.717, 1.165) is 11.3 Å². The van der Waals surface area contributed by atoms with Crippen LogP contribution in [0.25, 0.3) is 0 Å². The van der Waals surface area contributed by atoms with Crippen LogP contribution in [0, 0.1) is 0 Å². The molecule has 1 N–H and O–H groups in total. The Balaban J connectivity index is 1.71. The lowest BCUT2D eigenvalue weighted by Crippen LogP contribution is -2.32. The fourth-order valence-corrected chi connectivity index (χ4v) is 5.21. The van der Waals surface area contributed by atoms with Gasteiger partial charge in [-0.05, 0) is 48.4 Å². The van der Waals surface area contributed by atoms with Crippen LogP contribution in [0.1, 0.15) is 29.8 Å². The molecule has 0 radical (unpaired) electrons. The van der Waals surface area contributed by atoms with Crippen LogP contribution < -0.4 is 10.2 Å². The molecule has 1 aliphatic heterocycles. The molecule has 0 fully saturated rings. The van der Waals surface area contributed by atoms with E-state index in [-0.39, 0.29) is 17.3 Å². The Morgan fingerprint density at radius 3 is 2.55 bits per heavy atom. The number of carbonyl (C=O) groups excluding carboxylic acids is 2. The number of benzene rings is 2.